The maximum absolute atomic E-state index is 13.0. The van der Waals surface area contributed by atoms with E-state index in [0.29, 0.717) is 28.4 Å². The number of hydrogen-bond acceptors (Lipinski definition) is 5. The molecule has 8 nitrogen and oxygen atoms in total. The van der Waals surface area contributed by atoms with E-state index < -0.39 is 0 Å². The number of methoxy groups -OCH3 is 1. The van der Waals surface area contributed by atoms with Crippen LogP contribution in [0.3, 0.4) is 0 Å². The van der Waals surface area contributed by atoms with E-state index in [1.165, 1.54) is 14.0 Å². The van der Waals surface area contributed by atoms with E-state index in [1.807, 2.05) is 35.0 Å². The number of para-hydroxylation sites is 1. The molecule has 0 atom stereocenters. The average molecular weight is 430 g/mol. The molecule has 0 fully saturated rings. The van der Waals surface area contributed by atoms with Crippen molar-refractivity contribution in [2.24, 2.45) is 0 Å². The number of carbonyl (C=O) groups excluding carboxylic acids is 2. The average Bonchev–Trinajstić information content (AvgIpc) is 3.21. The molecule has 0 aliphatic rings. The molecule has 0 aliphatic heterocycles. The van der Waals surface area contributed by atoms with E-state index in [-0.39, 0.29) is 18.4 Å². The van der Waals surface area contributed by atoms with Crippen LogP contribution in [0.15, 0.2) is 73.1 Å². The van der Waals surface area contributed by atoms with Crippen molar-refractivity contribution in [3.8, 4) is 11.5 Å². The zero-order valence-electron chi connectivity index (χ0n) is 17.7. The highest BCUT2D eigenvalue weighted by molar-refractivity contribution is 6.07. The molecule has 0 radical (unpaired) electrons. The van der Waals surface area contributed by atoms with Gasteiger partial charge in [-0.05, 0) is 42.5 Å². The summed E-state index contributed by atoms with van der Waals surface area (Å²) in [5, 5.41) is 5.53. The third-order valence-corrected chi connectivity index (χ3v) is 4.69. The predicted molar refractivity (Wildman–Crippen MR) is 121 cm³/mol. The minimum absolute atomic E-state index is 0.210. The molecule has 0 unspecified atom stereocenters. The molecule has 0 saturated carbocycles. The number of hydrogen-bond donors (Lipinski definition) is 2. The maximum Gasteiger partial charge on any atom is 0.259 e. The number of amides is 2. The van der Waals surface area contributed by atoms with E-state index in [2.05, 4.69) is 15.6 Å². The molecule has 2 N–H and O–H groups in total. The van der Waals surface area contributed by atoms with E-state index in [1.54, 1.807) is 42.5 Å². The van der Waals surface area contributed by atoms with Crippen LogP contribution in [0.25, 0.3) is 5.65 Å². The van der Waals surface area contributed by atoms with Gasteiger partial charge in [-0.2, -0.15) is 0 Å². The Bertz CT molecular complexity index is 1250. The monoisotopic (exact) mass is 430 g/mol. The van der Waals surface area contributed by atoms with Gasteiger partial charge in [0.15, 0.2) is 0 Å². The fourth-order valence-corrected chi connectivity index (χ4v) is 3.26. The number of fused-ring (bicyclic) bond motifs is 1. The van der Waals surface area contributed by atoms with Crippen molar-refractivity contribution in [3.63, 3.8) is 0 Å². The smallest absolute Gasteiger partial charge is 0.259 e. The van der Waals surface area contributed by atoms with Crippen LogP contribution in [0.2, 0.25) is 0 Å². The Labute approximate surface area is 184 Å². The van der Waals surface area contributed by atoms with Gasteiger partial charge in [-0.1, -0.05) is 18.2 Å². The number of carbonyl (C=O) groups is 2. The first kappa shape index (κ1) is 20.9. The van der Waals surface area contributed by atoms with Crippen LogP contribution < -0.4 is 20.1 Å². The lowest BCUT2D eigenvalue weighted by Gasteiger charge is -2.14. The molecule has 4 aromatic rings. The SMILES string of the molecule is COc1ccc(NC(C)=O)cc1NC(=O)c1ccccc1OCc1cn2ccccc2n1. The van der Waals surface area contributed by atoms with Gasteiger partial charge in [-0.15, -0.1) is 0 Å². The number of nitrogens with zero attached hydrogens (tertiary/aromatic N) is 2. The molecule has 2 amide bonds. The van der Waals surface area contributed by atoms with Crippen LogP contribution in [-0.2, 0) is 11.4 Å². The molecular formula is C24H22N4O4. The molecule has 0 bridgehead atoms. The Balaban J connectivity index is 1.53. The molecule has 32 heavy (non-hydrogen) atoms. The van der Waals surface area contributed by atoms with Gasteiger partial charge in [0.05, 0.1) is 24.1 Å². The Kier molecular flexibility index (Phi) is 6.03. The van der Waals surface area contributed by atoms with Crippen LogP contribution in [-0.4, -0.2) is 28.3 Å². The Morgan fingerprint density at radius 2 is 1.81 bits per heavy atom. The standard InChI is InChI=1S/C24H22N4O4/c1-16(29)25-17-10-11-22(31-2)20(13-17)27-24(30)19-7-3-4-8-21(19)32-15-18-14-28-12-6-5-9-23(28)26-18/h3-14H,15H2,1-2H3,(H,25,29)(H,27,30). The normalized spacial score (nSPS) is 10.6. The number of imidazole rings is 1. The molecule has 4 rings (SSSR count). The Morgan fingerprint density at radius 1 is 1.00 bits per heavy atom. The zero-order chi connectivity index (χ0) is 22.5. The molecule has 0 spiro atoms. The van der Waals surface area contributed by atoms with Gasteiger partial charge in [0.25, 0.3) is 5.91 Å². The summed E-state index contributed by atoms with van der Waals surface area (Å²) in [5.74, 6) is 0.321. The first-order valence-electron chi connectivity index (χ1n) is 9.95. The first-order valence-corrected chi connectivity index (χ1v) is 9.95. The van der Waals surface area contributed by atoms with Crippen molar-refractivity contribution in [1.82, 2.24) is 9.38 Å². The second kappa shape index (κ2) is 9.22. The lowest BCUT2D eigenvalue weighted by Crippen LogP contribution is -2.15. The van der Waals surface area contributed by atoms with Crippen molar-refractivity contribution in [3.05, 3.63) is 84.3 Å². The summed E-state index contributed by atoms with van der Waals surface area (Å²) in [5.41, 5.74) is 2.91. The highest BCUT2D eigenvalue weighted by Crippen LogP contribution is 2.29. The van der Waals surface area contributed by atoms with Crippen LogP contribution in [0.1, 0.15) is 23.0 Å². The van der Waals surface area contributed by atoms with Crippen LogP contribution in [0.5, 0.6) is 11.5 Å². The highest BCUT2D eigenvalue weighted by Gasteiger charge is 2.16. The van der Waals surface area contributed by atoms with E-state index in [0.717, 1.165) is 11.3 Å². The largest absolute Gasteiger partial charge is 0.495 e. The minimum atomic E-state index is -0.367. The number of ether oxygens (including phenoxy) is 2. The predicted octanol–water partition coefficient (Wildman–Crippen LogP) is 4.13. The van der Waals surface area contributed by atoms with Crippen molar-refractivity contribution in [1.29, 1.82) is 0 Å². The van der Waals surface area contributed by atoms with Gasteiger partial charge in [-0.25, -0.2) is 4.98 Å². The highest BCUT2D eigenvalue weighted by atomic mass is 16.5. The van der Waals surface area contributed by atoms with E-state index in [4.69, 9.17) is 9.47 Å². The van der Waals surface area contributed by atoms with Crippen molar-refractivity contribution < 1.29 is 19.1 Å². The van der Waals surface area contributed by atoms with Gasteiger partial charge < -0.3 is 24.5 Å². The molecular weight excluding hydrogens is 408 g/mol. The van der Waals surface area contributed by atoms with Gasteiger partial charge in [0.1, 0.15) is 23.8 Å². The van der Waals surface area contributed by atoms with Crippen LogP contribution in [0.4, 0.5) is 11.4 Å². The van der Waals surface area contributed by atoms with E-state index in [9.17, 15) is 9.59 Å². The van der Waals surface area contributed by atoms with Crippen LogP contribution in [0, 0.1) is 0 Å². The zero-order valence-corrected chi connectivity index (χ0v) is 17.7. The third kappa shape index (κ3) is 4.70. The summed E-state index contributed by atoms with van der Waals surface area (Å²) in [6, 6.07) is 17.7. The fourth-order valence-electron chi connectivity index (χ4n) is 3.26. The lowest BCUT2D eigenvalue weighted by molar-refractivity contribution is -0.114. The van der Waals surface area contributed by atoms with Gasteiger partial charge in [0, 0.05) is 25.0 Å². The second-order valence-electron chi connectivity index (χ2n) is 7.03. The number of benzene rings is 2. The summed E-state index contributed by atoms with van der Waals surface area (Å²) >= 11 is 0. The molecule has 2 aromatic carbocycles. The molecule has 0 aliphatic carbocycles. The minimum Gasteiger partial charge on any atom is -0.495 e. The molecule has 162 valence electrons. The second-order valence-corrected chi connectivity index (χ2v) is 7.03. The number of anilines is 2. The summed E-state index contributed by atoms with van der Waals surface area (Å²) < 4.78 is 13.2. The number of nitrogens with one attached hydrogen (secondary N) is 2. The first-order chi connectivity index (χ1) is 15.5. The van der Waals surface area contributed by atoms with Gasteiger partial charge in [-0.3, -0.25) is 9.59 Å². The number of rotatable bonds is 7. The summed E-state index contributed by atoms with van der Waals surface area (Å²) in [6.45, 7) is 1.63. The number of pyridine rings is 1. The fraction of sp³-hybridized carbons (Fsp3) is 0.125. The topological polar surface area (TPSA) is 94.0 Å². The molecule has 8 heteroatoms. The Hall–Kier alpha value is -4.33. The van der Waals surface area contributed by atoms with Gasteiger partial charge >= 0.3 is 0 Å². The quantitative estimate of drug-likeness (QED) is 0.460. The van der Waals surface area contributed by atoms with Crippen molar-refractivity contribution in [2.75, 3.05) is 17.7 Å². The summed E-state index contributed by atoms with van der Waals surface area (Å²) in [6.07, 6.45) is 3.80. The van der Waals surface area contributed by atoms with Crippen LogP contribution >= 0.6 is 0 Å². The Morgan fingerprint density at radius 3 is 2.59 bits per heavy atom. The van der Waals surface area contributed by atoms with Crippen molar-refractivity contribution >= 4 is 28.8 Å². The lowest BCUT2D eigenvalue weighted by atomic mass is 10.1. The summed E-state index contributed by atoms with van der Waals surface area (Å²) in [7, 11) is 1.51. The van der Waals surface area contributed by atoms with Crippen molar-refractivity contribution in [2.45, 2.75) is 13.5 Å². The third-order valence-electron chi connectivity index (χ3n) is 4.69. The van der Waals surface area contributed by atoms with E-state index >= 15 is 0 Å². The molecule has 2 heterocycles. The molecule has 0 saturated heterocycles. The van der Waals surface area contributed by atoms with Gasteiger partial charge in [0.2, 0.25) is 5.91 Å². The molecule has 2 aromatic heterocycles. The maximum atomic E-state index is 13.0. The number of aromatic nitrogens is 2. The summed E-state index contributed by atoms with van der Waals surface area (Å²) in [4.78, 5) is 28.9.